The van der Waals surface area contributed by atoms with Gasteiger partial charge in [0.1, 0.15) is 6.04 Å². The van der Waals surface area contributed by atoms with Crippen LogP contribution in [0, 0.1) is 0 Å². The van der Waals surface area contributed by atoms with Gasteiger partial charge in [0.25, 0.3) is 5.91 Å². The van der Waals surface area contributed by atoms with Crippen molar-refractivity contribution in [2.75, 3.05) is 0 Å². The van der Waals surface area contributed by atoms with E-state index in [0.717, 1.165) is 40.6 Å². The van der Waals surface area contributed by atoms with Gasteiger partial charge in [0, 0.05) is 6.42 Å². The van der Waals surface area contributed by atoms with Crippen molar-refractivity contribution in [3.63, 3.8) is 0 Å². The Morgan fingerprint density at radius 2 is 1.60 bits per heavy atom. The summed E-state index contributed by atoms with van der Waals surface area (Å²) in [4.78, 5) is 24.3. The lowest BCUT2D eigenvalue weighted by Gasteiger charge is -2.19. The standard InChI is InChI=1S/C22H19F3N2O3/c23-22(24,25)16-10-8-14(9-11-16)19(28)21(30)27-18(20(26)29)12-15-6-3-5-13-4-1-2-7-17(13)15/h1-11,18-19,28H,12H2,(H2,26,29)(H,27,30)/t18-,19-/m1/s1. The number of carbonyl (C=O) groups excluding carboxylic acids is 2. The summed E-state index contributed by atoms with van der Waals surface area (Å²) >= 11 is 0. The van der Waals surface area contributed by atoms with E-state index < -0.39 is 35.7 Å². The number of hydrogen-bond donors (Lipinski definition) is 3. The molecule has 0 fully saturated rings. The highest BCUT2D eigenvalue weighted by atomic mass is 19.4. The summed E-state index contributed by atoms with van der Waals surface area (Å²) in [5.41, 5.74) is 5.27. The number of aliphatic hydroxyl groups is 1. The number of nitrogens with one attached hydrogen (secondary N) is 1. The molecule has 0 aliphatic heterocycles. The number of nitrogens with two attached hydrogens (primary N) is 1. The lowest BCUT2D eigenvalue weighted by atomic mass is 9.98. The van der Waals surface area contributed by atoms with E-state index >= 15 is 0 Å². The minimum Gasteiger partial charge on any atom is -0.378 e. The number of amides is 2. The topological polar surface area (TPSA) is 92.4 Å². The highest BCUT2D eigenvalue weighted by molar-refractivity contribution is 5.91. The number of aliphatic hydroxyl groups excluding tert-OH is 1. The number of halogens is 3. The quantitative estimate of drug-likeness (QED) is 0.577. The minimum absolute atomic E-state index is 0.0334. The van der Waals surface area contributed by atoms with Gasteiger partial charge in [0.05, 0.1) is 5.56 Å². The summed E-state index contributed by atoms with van der Waals surface area (Å²) in [6.45, 7) is 0. The molecule has 0 saturated heterocycles. The number of primary amides is 1. The van der Waals surface area contributed by atoms with Crippen molar-refractivity contribution < 1.29 is 27.9 Å². The predicted octanol–water partition coefficient (Wildman–Crippen LogP) is 3.10. The van der Waals surface area contributed by atoms with Crippen molar-refractivity contribution in [3.05, 3.63) is 83.4 Å². The summed E-state index contributed by atoms with van der Waals surface area (Å²) in [7, 11) is 0. The van der Waals surface area contributed by atoms with Gasteiger partial charge in [-0.2, -0.15) is 13.2 Å². The fourth-order valence-corrected chi connectivity index (χ4v) is 3.17. The van der Waals surface area contributed by atoms with Gasteiger partial charge in [-0.1, -0.05) is 54.6 Å². The number of alkyl halides is 3. The van der Waals surface area contributed by atoms with Gasteiger partial charge >= 0.3 is 6.18 Å². The third kappa shape index (κ3) is 4.77. The van der Waals surface area contributed by atoms with Gasteiger partial charge in [0.2, 0.25) is 5.91 Å². The number of carbonyl (C=O) groups is 2. The van der Waals surface area contributed by atoms with Gasteiger partial charge in [-0.05, 0) is 34.0 Å². The molecule has 2 amide bonds. The molecular weight excluding hydrogens is 397 g/mol. The molecule has 0 aliphatic rings. The van der Waals surface area contributed by atoms with Crippen LogP contribution in [0.5, 0.6) is 0 Å². The Morgan fingerprint density at radius 3 is 2.23 bits per heavy atom. The van der Waals surface area contributed by atoms with Crippen LogP contribution < -0.4 is 11.1 Å². The molecule has 0 radical (unpaired) electrons. The van der Waals surface area contributed by atoms with Crippen molar-refractivity contribution in [3.8, 4) is 0 Å². The van der Waals surface area contributed by atoms with E-state index in [-0.39, 0.29) is 12.0 Å². The third-order valence-corrected chi connectivity index (χ3v) is 4.77. The second-order valence-electron chi connectivity index (χ2n) is 6.83. The Hall–Kier alpha value is -3.39. The van der Waals surface area contributed by atoms with Crippen LogP contribution in [0.1, 0.15) is 22.8 Å². The average molecular weight is 416 g/mol. The van der Waals surface area contributed by atoms with E-state index in [1.807, 2.05) is 36.4 Å². The molecule has 2 atom stereocenters. The first-order chi connectivity index (χ1) is 14.2. The summed E-state index contributed by atoms with van der Waals surface area (Å²) in [5, 5.41) is 14.4. The molecule has 0 aromatic heterocycles. The van der Waals surface area contributed by atoms with E-state index in [4.69, 9.17) is 5.73 Å². The Morgan fingerprint density at radius 1 is 0.967 bits per heavy atom. The fraction of sp³-hybridized carbons (Fsp3) is 0.182. The molecule has 0 bridgehead atoms. The molecule has 0 saturated carbocycles. The summed E-state index contributed by atoms with van der Waals surface area (Å²) in [6.07, 6.45) is -6.18. The van der Waals surface area contributed by atoms with Crippen LogP contribution in [0.25, 0.3) is 10.8 Å². The second-order valence-corrected chi connectivity index (χ2v) is 6.83. The molecule has 0 spiro atoms. The zero-order chi connectivity index (χ0) is 21.9. The number of benzene rings is 3. The number of rotatable bonds is 6. The van der Waals surface area contributed by atoms with Crippen LogP contribution in [0.3, 0.4) is 0 Å². The highest BCUT2D eigenvalue weighted by Crippen LogP contribution is 2.30. The van der Waals surface area contributed by atoms with Gasteiger partial charge < -0.3 is 16.2 Å². The van der Waals surface area contributed by atoms with Gasteiger partial charge in [-0.3, -0.25) is 9.59 Å². The zero-order valence-corrected chi connectivity index (χ0v) is 15.7. The molecule has 5 nitrogen and oxygen atoms in total. The van der Waals surface area contributed by atoms with Crippen molar-refractivity contribution >= 4 is 22.6 Å². The van der Waals surface area contributed by atoms with E-state index in [1.165, 1.54) is 0 Å². The lowest BCUT2D eigenvalue weighted by Crippen LogP contribution is -2.47. The van der Waals surface area contributed by atoms with Crippen LogP contribution in [0.4, 0.5) is 13.2 Å². The molecule has 4 N–H and O–H groups in total. The van der Waals surface area contributed by atoms with E-state index in [0.29, 0.717) is 0 Å². The largest absolute Gasteiger partial charge is 0.416 e. The van der Waals surface area contributed by atoms with E-state index in [2.05, 4.69) is 5.32 Å². The van der Waals surface area contributed by atoms with E-state index in [1.54, 1.807) is 6.07 Å². The smallest absolute Gasteiger partial charge is 0.378 e. The maximum atomic E-state index is 12.7. The Bertz CT molecular complexity index is 1060. The number of fused-ring (bicyclic) bond motifs is 1. The predicted molar refractivity (Wildman–Crippen MR) is 105 cm³/mol. The zero-order valence-electron chi connectivity index (χ0n) is 15.7. The van der Waals surface area contributed by atoms with Crippen LogP contribution in [-0.2, 0) is 22.2 Å². The Kier molecular flexibility index (Phi) is 6.07. The first-order valence-corrected chi connectivity index (χ1v) is 9.08. The summed E-state index contributed by atoms with van der Waals surface area (Å²) < 4.78 is 38.0. The van der Waals surface area contributed by atoms with Crippen LogP contribution in [-0.4, -0.2) is 23.0 Å². The first kappa shape index (κ1) is 21.3. The molecule has 156 valence electrons. The summed E-state index contributed by atoms with van der Waals surface area (Å²) in [5.74, 6) is -1.73. The van der Waals surface area contributed by atoms with E-state index in [9.17, 15) is 27.9 Å². The molecule has 0 aliphatic carbocycles. The van der Waals surface area contributed by atoms with Crippen molar-refractivity contribution in [1.82, 2.24) is 5.32 Å². The third-order valence-electron chi connectivity index (χ3n) is 4.77. The maximum absolute atomic E-state index is 12.7. The highest BCUT2D eigenvalue weighted by Gasteiger charge is 2.31. The Labute approximate surface area is 170 Å². The van der Waals surface area contributed by atoms with Crippen LogP contribution in [0.15, 0.2) is 66.7 Å². The minimum atomic E-state index is -4.53. The average Bonchev–Trinajstić information content (AvgIpc) is 2.72. The monoisotopic (exact) mass is 416 g/mol. The Balaban J connectivity index is 1.76. The molecule has 30 heavy (non-hydrogen) atoms. The molecule has 8 heteroatoms. The number of hydrogen-bond acceptors (Lipinski definition) is 3. The first-order valence-electron chi connectivity index (χ1n) is 9.08. The van der Waals surface area contributed by atoms with Gasteiger partial charge in [-0.15, -0.1) is 0 Å². The van der Waals surface area contributed by atoms with Crippen LogP contribution in [0.2, 0.25) is 0 Å². The normalized spacial score (nSPS) is 13.6. The molecule has 3 aromatic carbocycles. The molecule has 0 unspecified atom stereocenters. The molecule has 3 rings (SSSR count). The van der Waals surface area contributed by atoms with Crippen molar-refractivity contribution in [2.45, 2.75) is 24.7 Å². The van der Waals surface area contributed by atoms with Gasteiger partial charge in [-0.25, -0.2) is 0 Å². The fourth-order valence-electron chi connectivity index (χ4n) is 3.17. The van der Waals surface area contributed by atoms with Crippen LogP contribution >= 0.6 is 0 Å². The van der Waals surface area contributed by atoms with Gasteiger partial charge in [0.15, 0.2) is 6.10 Å². The second kappa shape index (κ2) is 8.54. The molecular formula is C22H19F3N2O3. The summed E-state index contributed by atoms with van der Waals surface area (Å²) in [6, 6.07) is 15.5. The molecule has 3 aromatic rings. The van der Waals surface area contributed by atoms with Crippen molar-refractivity contribution in [1.29, 1.82) is 0 Å². The lowest BCUT2D eigenvalue weighted by molar-refractivity contribution is -0.137. The molecule has 0 heterocycles. The maximum Gasteiger partial charge on any atom is 0.416 e. The SMILES string of the molecule is NC(=O)[C@@H](Cc1cccc2ccccc12)NC(=O)[C@H](O)c1ccc(C(F)(F)F)cc1. The van der Waals surface area contributed by atoms with Crippen molar-refractivity contribution in [2.24, 2.45) is 5.73 Å².